The lowest BCUT2D eigenvalue weighted by atomic mass is 10.1. The minimum absolute atomic E-state index is 0.139. The zero-order valence-corrected chi connectivity index (χ0v) is 11.0. The van der Waals surface area contributed by atoms with Crippen molar-refractivity contribution in [3.05, 3.63) is 70.5 Å². The molecule has 2 heteroatoms. The van der Waals surface area contributed by atoms with Crippen LogP contribution in [-0.2, 0) is 6.42 Å². The Kier molecular flexibility index (Phi) is 3.27. The Balaban J connectivity index is 1.89. The van der Waals surface area contributed by atoms with Crippen LogP contribution in [0.15, 0.2) is 42.5 Å². The van der Waals surface area contributed by atoms with Crippen LogP contribution in [0, 0.1) is 17.7 Å². The van der Waals surface area contributed by atoms with Crippen LogP contribution in [0.2, 0.25) is 0 Å². The number of benzene rings is 2. The van der Waals surface area contributed by atoms with Gasteiger partial charge < -0.3 is 0 Å². The topological polar surface area (TPSA) is 0 Å². The van der Waals surface area contributed by atoms with Crippen LogP contribution in [0.5, 0.6) is 0 Å². The Morgan fingerprint density at radius 3 is 2.63 bits per heavy atom. The van der Waals surface area contributed by atoms with Gasteiger partial charge in [0.15, 0.2) is 0 Å². The van der Waals surface area contributed by atoms with Crippen LogP contribution in [0.4, 0.5) is 4.39 Å². The van der Waals surface area contributed by atoms with E-state index in [1.165, 1.54) is 23.3 Å². The summed E-state index contributed by atoms with van der Waals surface area (Å²) in [5.74, 6) is 5.80. The summed E-state index contributed by atoms with van der Waals surface area (Å²) in [5, 5.41) is 0.139. The van der Waals surface area contributed by atoms with Gasteiger partial charge in [-0.2, -0.15) is 0 Å². The molecule has 0 saturated heterocycles. The molecule has 1 atom stereocenters. The summed E-state index contributed by atoms with van der Waals surface area (Å²) in [5.41, 5.74) is 4.15. The van der Waals surface area contributed by atoms with Gasteiger partial charge in [0.05, 0.1) is 5.38 Å². The fraction of sp³-hybridized carbons (Fsp3) is 0.176. The summed E-state index contributed by atoms with van der Waals surface area (Å²) in [4.78, 5) is 0. The van der Waals surface area contributed by atoms with Crippen molar-refractivity contribution < 1.29 is 4.39 Å². The van der Waals surface area contributed by atoms with Gasteiger partial charge in [0, 0.05) is 11.1 Å². The van der Waals surface area contributed by atoms with E-state index in [2.05, 4.69) is 24.0 Å². The Morgan fingerprint density at radius 1 is 1.05 bits per heavy atom. The van der Waals surface area contributed by atoms with Crippen molar-refractivity contribution in [2.24, 2.45) is 0 Å². The maximum Gasteiger partial charge on any atom is 0.124 e. The summed E-state index contributed by atoms with van der Waals surface area (Å²) in [6, 6.07) is 12.4. The Labute approximate surface area is 117 Å². The zero-order chi connectivity index (χ0) is 13.2. The van der Waals surface area contributed by atoms with Crippen LogP contribution in [-0.4, -0.2) is 0 Å². The molecule has 0 N–H and O–H groups in total. The highest BCUT2D eigenvalue weighted by Crippen LogP contribution is 2.36. The Morgan fingerprint density at radius 2 is 1.84 bits per heavy atom. The molecule has 0 nitrogen and oxygen atoms in total. The molecule has 3 rings (SSSR count). The second kappa shape index (κ2) is 5.07. The van der Waals surface area contributed by atoms with E-state index in [0.29, 0.717) is 5.56 Å². The standard InChI is InChI=1S/C17H12ClF/c18-17-9-7-14-10-13(6-8-16(14)17)5-4-12-2-1-3-15(19)11-12/h1-3,6,8,10-11,17H,7,9H2. The molecule has 2 aromatic rings. The van der Waals surface area contributed by atoms with Gasteiger partial charge in [0.25, 0.3) is 0 Å². The maximum absolute atomic E-state index is 13.0. The maximum atomic E-state index is 13.0. The van der Waals surface area contributed by atoms with Crippen molar-refractivity contribution in [1.29, 1.82) is 0 Å². The number of alkyl halides is 1. The molecule has 0 radical (unpaired) electrons. The van der Waals surface area contributed by atoms with E-state index in [1.54, 1.807) is 12.1 Å². The quantitative estimate of drug-likeness (QED) is 0.490. The van der Waals surface area contributed by atoms with Crippen LogP contribution in [0.1, 0.15) is 34.1 Å². The van der Waals surface area contributed by atoms with Crippen molar-refractivity contribution in [3.63, 3.8) is 0 Å². The molecule has 19 heavy (non-hydrogen) atoms. The summed E-state index contributed by atoms with van der Waals surface area (Å²) in [7, 11) is 0. The van der Waals surface area contributed by atoms with Crippen molar-refractivity contribution in [2.45, 2.75) is 18.2 Å². The fourth-order valence-electron chi connectivity index (χ4n) is 2.35. The first-order chi connectivity index (χ1) is 9.22. The number of halogens is 2. The van der Waals surface area contributed by atoms with Crippen molar-refractivity contribution >= 4 is 11.6 Å². The molecule has 0 bridgehead atoms. The summed E-state index contributed by atoms with van der Waals surface area (Å²) < 4.78 is 13.0. The van der Waals surface area contributed by atoms with Crippen molar-refractivity contribution in [1.82, 2.24) is 0 Å². The van der Waals surface area contributed by atoms with E-state index in [0.717, 1.165) is 18.4 Å². The Bertz CT molecular complexity index is 679. The highest BCUT2D eigenvalue weighted by atomic mass is 35.5. The van der Waals surface area contributed by atoms with Crippen LogP contribution in [0.3, 0.4) is 0 Å². The predicted molar refractivity (Wildman–Crippen MR) is 75.7 cm³/mol. The van der Waals surface area contributed by atoms with Gasteiger partial charge in [-0.15, -0.1) is 11.6 Å². The van der Waals surface area contributed by atoms with Gasteiger partial charge in [-0.1, -0.05) is 24.0 Å². The molecule has 0 heterocycles. The monoisotopic (exact) mass is 270 g/mol. The Hall–Kier alpha value is -1.78. The minimum Gasteiger partial charge on any atom is -0.207 e. The molecule has 0 fully saturated rings. The lowest BCUT2D eigenvalue weighted by molar-refractivity contribution is 0.627. The summed E-state index contributed by atoms with van der Waals surface area (Å²) in [6.07, 6.45) is 2.01. The lowest BCUT2D eigenvalue weighted by Gasteiger charge is -2.02. The third-order valence-electron chi connectivity index (χ3n) is 3.32. The SMILES string of the molecule is Fc1cccc(C#Cc2ccc3c(c2)CCC3Cl)c1. The van der Waals surface area contributed by atoms with Crippen LogP contribution >= 0.6 is 11.6 Å². The lowest BCUT2D eigenvalue weighted by Crippen LogP contribution is -1.85. The number of rotatable bonds is 0. The smallest absolute Gasteiger partial charge is 0.124 e. The van der Waals surface area contributed by atoms with Gasteiger partial charge in [-0.25, -0.2) is 4.39 Å². The molecule has 94 valence electrons. The number of fused-ring (bicyclic) bond motifs is 1. The van der Waals surface area contributed by atoms with Gasteiger partial charge in [0.2, 0.25) is 0 Å². The van der Waals surface area contributed by atoms with Gasteiger partial charge in [0.1, 0.15) is 5.82 Å². The van der Waals surface area contributed by atoms with E-state index in [-0.39, 0.29) is 11.2 Å². The first-order valence-corrected chi connectivity index (χ1v) is 6.70. The number of hydrogen-bond donors (Lipinski definition) is 0. The first kappa shape index (κ1) is 12.3. The van der Waals surface area contributed by atoms with Gasteiger partial charge in [-0.3, -0.25) is 0 Å². The van der Waals surface area contributed by atoms with Crippen LogP contribution in [0.25, 0.3) is 0 Å². The summed E-state index contributed by atoms with van der Waals surface area (Å²) in [6.45, 7) is 0. The molecule has 0 aromatic heterocycles. The third kappa shape index (κ3) is 2.64. The van der Waals surface area contributed by atoms with Crippen molar-refractivity contribution in [3.8, 4) is 11.8 Å². The first-order valence-electron chi connectivity index (χ1n) is 6.27. The predicted octanol–water partition coefficient (Wildman–Crippen LogP) is 4.45. The van der Waals surface area contributed by atoms with E-state index in [1.807, 2.05) is 6.07 Å². The van der Waals surface area contributed by atoms with E-state index >= 15 is 0 Å². The molecule has 0 amide bonds. The normalized spacial score (nSPS) is 16.6. The van der Waals surface area contributed by atoms with E-state index in [9.17, 15) is 4.39 Å². The van der Waals surface area contributed by atoms with Gasteiger partial charge >= 0.3 is 0 Å². The molecule has 0 saturated carbocycles. The number of aryl methyl sites for hydroxylation is 1. The molecule has 0 spiro atoms. The average molecular weight is 271 g/mol. The highest BCUT2D eigenvalue weighted by molar-refractivity contribution is 6.21. The molecule has 2 aromatic carbocycles. The minimum atomic E-state index is -0.259. The van der Waals surface area contributed by atoms with Crippen LogP contribution < -0.4 is 0 Å². The largest absolute Gasteiger partial charge is 0.207 e. The zero-order valence-electron chi connectivity index (χ0n) is 10.3. The average Bonchev–Trinajstić information content (AvgIpc) is 2.78. The summed E-state index contributed by atoms with van der Waals surface area (Å²) >= 11 is 6.21. The fourth-order valence-corrected chi connectivity index (χ4v) is 2.68. The van der Waals surface area contributed by atoms with E-state index in [4.69, 9.17) is 11.6 Å². The molecular formula is C17H12ClF. The molecule has 1 aliphatic rings. The third-order valence-corrected chi connectivity index (χ3v) is 3.78. The second-order valence-electron chi connectivity index (χ2n) is 4.68. The molecule has 0 aliphatic heterocycles. The van der Waals surface area contributed by atoms with Crippen molar-refractivity contribution in [2.75, 3.05) is 0 Å². The van der Waals surface area contributed by atoms with E-state index < -0.39 is 0 Å². The second-order valence-corrected chi connectivity index (χ2v) is 5.21. The van der Waals surface area contributed by atoms with Gasteiger partial charge in [-0.05, 0) is 54.3 Å². The number of hydrogen-bond acceptors (Lipinski definition) is 0. The molecule has 1 aliphatic carbocycles. The molecular weight excluding hydrogens is 259 g/mol. The molecule has 1 unspecified atom stereocenters. The highest BCUT2D eigenvalue weighted by Gasteiger charge is 2.19.